The molecule has 0 bridgehead atoms. The standard InChI is InChI=1S/C13H15BrF2O2S/c14-7-10(9-4-5-19(17,18)8-9)6-11-12(15)2-1-3-13(11)16/h1-3,9-10H,4-8H2. The zero-order chi connectivity index (χ0) is 14.0. The lowest BCUT2D eigenvalue weighted by Gasteiger charge is -2.20. The van der Waals surface area contributed by atoms with E-state index < -0.39 is 21.5 Å². The Bertz CT molecular complexity index is 540. The van der Waals surface area contributed by atoms with E-state index in [0.717, 1.165) is 0 Å². The molecule has 0 aromatic heterocycles. The molecule has 2 unspecified atom stereocenters. The molecule has 0 amide bonds. The van der Waals surface area contributed by atoms with Gasteiger partial charge in [-0.1, -0.05) is 22.0 Å². The van der Waals surface area contributed by atoms with Crippen LogP contribution in [0.25, 0.3) is 0 Å². The second-order valence-corrected chi connectivity index (χ2v) is 7.86. The van der Waals surface area contributed by atoms with Gasteiger partial charge in [0.2, 0.25) is 0 Å². The molecule has 2 nitrogen and oxygen atoms in total. The van der Waals surface area contributed by atoms with E-state index in [4.69, 9.17) is 0 Å². The van der Waals surface area contributed by atoms with E-state index >= 15 is 0 Å². The number of hydrogen-bond acceptors (Lipinski definition) is 2. The number of halogens is 3. The van der Waals surface area contributed by atoms with Crippen molar-refractivity contribution in [1.29, 1.82) is 0 Å². The van der Waals surface area contributed by atoms with Crippen molar-refractivity contribution < 1.29 is 17.2 Å². The van der Waals surface area contributed by atoms with Gasteiger partial charge >= 0.3 is 0 Å². The molecular formula is C13H15BrF2O2S. The summed E-state index contributed by atoms with van der Waals surface area (Å²) < 4.78 is 50.2. The summed E-state index contributed by atoms with van der Waals surface area (Å²) in [4.78, 5) is 0. The van der Waals surface area contributed by atoms with Crippen LogP contribution in [0.4, 0.5) is 8.78 Å². The molecule has 0 N–H and O–H groups in total. The fourth-order valence-electron chi connectivity index (χ4n) is 2.53. The molecule has 1 heterocycles. The molecule has 0 saturated carbocycles. The molecule has 2 atom stereocenters. The van der Waals surface area contributed by atoms with E-state index in [-0.39, 0.29) is 35.3 Å². The number of hydrogen-bond donors (Lipinski definition) is 0. The van der Waals surface area contributed by atoms with Crippen molar-refractivity contribution in [1.82, 2.24) is 0 Å². The Hall–Kier alpha value is -0.490. The minimum atomic E-state index is -2.97. The van der Waals surface area contributed by atoms with Crippen LogP contribution in [0.3, 0.4) is 0 Å². The SMILES string of the molecule is O=S1(=O)CCC(C(CBr)Cc2c(F)cccc2F)C1. The summed E-state index contributed by atoms with van der Waals surface area (Å²) in [7, 11) is -2.97. The average molecular weight is 353 g/mol. The Kier molecular flexibility index (Phi) is 4.61. The fourth-order valence-corrected chi connectivity index (χ4v) is 5.21. The van der Waals surface area contributed by atoms with Crippen LogP contribution in [-0.4, -0.2) is 25.3 Å². The molecular weight excluding hydrogens is 338 g/mol. The number of benzene rings is 1. The third-order valence-corrected chi connectivity index (χ3v) is 6.29. The van der Waals surface area contributed by atoms with Crippen molar-refractivity contribution in [2.45, 2.75) is 12.8 Å². The Balaban J connectivity index is 2.16. The van der Waals surface area contributed by atoms with Crippen LogP contribution in [0.5, 0.6) is 0 Å². The summed E-state index contributed by atoms with van der Waals surface area (Å²) >= 11 is 3.33. The van der Waals surface area contributed by atoms with Gasteiger partial charge in [0.15, 0.2) is 9.84 Å². The molecule has 19 heavy (non-hydrogen) atoms. The summed E-state index contributed by atoms with van der Waals surface area (Å²) in [5, 5.41) is 0.543. The molecule has 2 rings (SSSR count). The zero-order valence-electron chi connectivity index (χ0n) is 10.3. The predicted molar refractivity (Wildman–Crippen MR) is 74.1 cm³/mol. The van der Waals surface area contributed by atoms with Crippen molar-refractivity contribution >= 4 is 25.8 Å². The van der Waals surface area contributed by atoms with E-state index in [9.17, 15) is 17.2 Å². The number of rotatable bonds is 4. The minimum absolute atomic E-state index is 0.0246. The molecule has 1 aromatic rings. The quantitative estimate of drug-likeness (QED) is 0.780. The third kappa shape index (κ3) is 3.54. The maximum Gasteiger partial charge on any atom is 0.150 e. The van der Waals surface area contributed by atoms with Gasteiger partial charge in [-0.3, -0.25) is 0 Å². The molecule has 106 valence electrons. The molecule has 1 aromatic carbocycles. The first-order valence-electron chi connectivity index (χ1n) is 6.12. The Labute approximate surface area is 120 Å². The van der Waals surface area contributed by atoms with Crippen molar-refractivity contribution in [3.8, 4) is 0 Å². The van der Waals surface area contributed by atoms with Crippen molar-refractivity contribution in [2.75, 3.05) is 16.8 Å². The van der Waals surface area contributed by atoms with Crippen LogP contribution < -0.4 is 0 Å². The lowest BCUT2D eigenvalue weighted by Crippen LogP contribution is -2.21. The van der Waals surface area contributed by atoms with Gasteiger partial charge < -0.3 is 0 Å². The molecule has 0 radical (unpaired) electrons. The van der Waals surface area contributed by atoms with Crippen molar-refractivity contribution in [3.63, 3.8) is 0 Å². The topological polar surface area (TPSA) is 34.1 Å². The summed E-state index contributed by atoms with van der Waals surface area (Å²) in [6, 6.07) is 3.79. The molecule has 1 saturated heterocycles. The van der Waals surface area contributed by atoms with E-state index in [0.29, 0.717) is 11.8 Å². The van der Waals surface area contributed by atoms with Crippen molar-refractivity contribution in [3.05, 3.63) is 35.4 Å². The van der Waals surface area contributed by atoms with Gasteiger partial charge in [0.05, 0.1) is 11.5 Å². The lowest BCUT2D eigenvalue weighted by atomic mass is 9.87. The second-order valence-electron chi connectivity index (χ2n) is 4.98. The maximum atomic E-state index is 13.6. The van der Waals surface area contributed by atoms with Gasteiger partial charge in [0.1, 0.15) is 11.6 Å². The summed E-state index contributed by atoms with van der Waals surface area (Å²) in [6.07, 6.45) is 0.804. The van der Waals surface area contributed by atoms with Gasteiger partial charge in [0.25, 0.3) is 0 Å². The third-order valence-electron chi connectivity index (χ3n) is 3.66. The number of alkyl halides is 1. The largest absolute Gasteiger partial charge is 0.229 e. The van der Waals surface area contributed by atoms with Crippen LogP contribution in [0.15, 0.2) is 18.2 Å². The Morgan fingerprint density at radius 2 is 1.95 bits per heavy atom. The maximum absolute atomic E-state index is 13.6. The lowest BCUT2D eigenvalue weighted by molar-refractivity contribution is 0.389. The molecule has 1 fully saturated rings. The second kappa shape index (κ2) is 5.87. The molecule has 1 aliphatic rings. The van der Waals surface area contributed by atoms with Gasteiger partial charge in [-0.25, -0.2) is 17.2 Å². The minimum Gasteiger partial charge on any atom is -0.229 e. The van der Waals surface area contributed by atoms with Gasteiger partial charge in [-0.2, -0.15) is 0 Å². The van der Waals surface area contributed by atoms with E-state index in [1.165, 1.54) is 18.2 Å². The van der Waals surface area contributed by atoms with Crippen LogP contribution in [0.2, 0.25) is 0 Å². The van der Waals surface area contributed by atoms with E-state index in [1.807, 2.05) is 0 Å². The predicted octanol–water partition coefficient (Wildman–Crippen LogP) is 2.95. The van der Waals surface area contributed by atoms with Gasteiger partial charge in [-0.15, -0.1) is 0 Å². The smallest absolute Gasteiger partial charge is 0.150 e. The Morgan fingerprint density at radius 1 is 1.32 bits per heavy atom. The fraction of sp³-hybridized carbons (Fsp3) is 0.538. The summed E-state index contributed by atoms with van der Waals surface area (Å²) in [5.41, 5.74) is 0.0521. The highest BCUT2D eigenvalue weighted by Gasteiger charge is 2.33. The molecule has 1 aliphatic heterocycles. The van der Waals surface area contributed by atoms with E-state index in [2.05, 4.69) is 15.9 Å². The molecule has 0 spiro atoms. The normalized spacial score (nSPS) is 23.4. The monoisotopic (exact) mass is 352 g/mol. The van der Waals surface area contributed by atoms with Crippen LogP contribution in [-0.2, 0) is 16.3 Å². The van der Waals surface area contributed by atoms with E-state index in [1.54, 1.807) is 0 Å². The first-order chi connectivity index (χ1) is 8.93. The summed E-state index contributed by atoms with van der Waals surface area (Å²) in [5.74, 6) is -0.911. The highest BCUT2D eigenvalue weighted by molar-refractivity contribution is 9.09. The zero-order valence-corrected chi connectivity index (χ0v) is 12.7. The van der Waals surface area contributed by atoms with Gasteiger partial charge in [0, 0.05) is 10.9 Å². The average Bonchev–Trinajstić information content (AvgIpc) is 2.69. The number of sulfone groups is 1. The van der Waals surface area contributed by atoms with Crippen molar-refractivity contribution in [2.24, 2.45) is 11.8 Å². The first-order valence-corrected chi connectivity index (χ1v) is 9.06. The first kappa shape index (κ1) is 14.9. The molecule has 6 heteroatoms. The molecule has 0 aliphatic carbocycles. The highest BCUT2D eigenvalue weighted by atomic mass is 79.9. The summed E-state index contributed by atoms with van der Waals surface area (Å²) in [6.45, 7) is 0. The van der Waals surface area contributed by atoms with Crippen LogP contribution in [0.1, 0.15) is 12.0 Å². The van der Waals surface area contributed by atoms with Gasteiger partial charge in [-0.05, 0) is 36.8 Å². The Morgan fingerprint density at radius 3 is 2.42 bits per heavy atom. The van der Waals surface area contributed by atoms with Crippen LogP contribution in [0, 0.1) is 23.5 Å². The van der Waals surface area contributed by atoms with Crippen LogP contribution >= 0.6 is 15.9 Å². The highest BCUT2D eigenvalue weighted by Crippen LogP contribution is 2.31.